The van der Waals surface area contributed by atoms with Crippen LogP contribution in [0.1, 0.15) is 24.8 Å². The highest BCUT2D eigenvalue weighted by Crippen LogP contribution is 2.24. The van der Waals surface area contributed by atoms with Crippen LogP contribution in [-0.2, 0) is 4.79 Å². The van der Waals surface area contributed by atoms with Crippen molar-refractivity contribution in [2.45, 2.75) is 25.3 Å². The molecule has 0 aromatic heterocycles. The fraction of sp³-hybridized carbons (Fsp3) is 0.400. The van der Waals surface area contributed by atoms with Crippen LogP contribution in [0.25, 0.3) is 6.08 Å². The molecular weight excluding hydrogens is 226 g/mol. The molecule has 1 saturated carbocycles. The molecule has 96 valence electrons. The number of aliphatic hydroxyl groups is 1. The molecular formula is C15H19NO2. The lowest BCUT2D eigenvalue weighted by molar-refractivity contribution is -0.117. The Balaban J connectivity index is 1.87. The number of amides is 1. The van der Waals surface area contributed by atoms with E-state index in [2.05, 4.69) is 5.32 Å². The molecule has 0 aliphatic heterocycles. The van der Waals surface area contributed by atoms with Crippen LogP contribution < -0.4 is 5.32 Å². The second kappa shape index (κ2) is 6.36. The highest BCUT2D eigenvalue weighted by Gasteiger charge is 2.27. The molecule has 3 nitrogen and oxygen atoms in total. The van der Waals surface area contributed by atoms with Crippen LogP contribution in [0.2, 0.25) is 0 Å². The monoisotopic (exact) mass is 245 g/mol. The first kappa shape index (κ1) is 12.8. The van der Waals surface area contributed by atoms with Gasteiger partial charge in [-0.1, -0.05) is 36.8 Å². The summed E-state index contributed by atoms with van der Waals surface area (Å²) in [6, 6.07) is 9.86. The Kier molecular flexibility index (Phi) is 4.53. The second-order valence-electron chi connectivity index (χ2n) is 4.73. The van der Waals surface area contributed by atoms with Gasteiger partial charge in [0.05, 0.1) is 0 Å². The van der Waals surface area contributed by atoms with Crippen molar-refractivity contribution in [3.8, 4) is 0 Å². The highest BCUT2D eigenvalue weighted by atomic mass is 16.3. The van der Waals surface area contributed by atoms with Gasteiger partial charge in [0.1, 0.15) is 0 Å². The summed E-state index contributed by atoms with van der Waals surface area (Å²) in [7, 11) is 0. The largest absolute Gasteiger partial charge is 0.396 e. The Bertz CT molecular complexity index is 414. The summed E-state index contributed by atoms with van der Waals surface area (Å²) >= 11 is 0. The van der Waals surface area contributed by atoms with E-state index in [4.69, 9.17) is 0 Å². The minimum absolute atomic E-state index is 0.0794. The predicted octanol–water partition coefficient (Wildman–Crippen LogP) is 1.98. The van der Waals surface area contributed by atoms with Crippen LogP contribution in [0.15, 0.2) is 36.4 Å². The maximum absolute atomic E-state index is 11.8. The Morgan fingerprint density at radius 1 is 1.33 bits per heavy atom. The Hall–Kier alpha value is -1.61. The van der Waals surface area contributed by atoms with Gasteiger partial charge in [-0.15, -0.1) is 0 Å². The molecule has 1 aliphatic carbocycles. The number of hydrogen-bond donors (Lipinski definition) is 2. The fourth-order valence-electron chi connectivity index (χ4n) is 2.41. The van der Waals surface area contributed by atoms with E-state index in [-0.39, 0.29) is 24.5 Å². The van der Waals surface area contributed by atoms with Crippen LogP contribution in [0.5, 0.6) is 0 Å². The van der Waals surface area contributed by atoms with Crippen molar-refractivity contribution < 1.29 is 9.90 Å². The standard InChI is InChI=1S/C15H19NO2/c17-11-13-7-4-8-14(13)16-15(18)10-9-12-5-2-1-3-6-12/h1-3,5-6,9-10,13-14,17H,4,7-8,11H2,(H,16,18)/b10-9+. The predicted molar refractivity (Wildman–Crippen MR) is 71.8 cm³/mol. The molecule has 1 aromatic rings. The van der Waals surface area contributed by atoms with Crippen LogP contribution in [-0.4, -0.2) is 23.7 Å². The quantitative estimate of drug-likeness (QED) is 0.797. The molecule has 1 aromatic carbocycles. The maximum atomic E-state index is 11.8. The van der Waals surface area contributed by atoms with E-state index in [9.17, 15) is 9.90 Å². The Morgan fingerprint density at radius 3 is 2.83 bits per heavy atom. The molecule has 0 saturated heterocycles. The van der Waals surface area contributed by atoms with E-state index in [0.717, 1.165) is 24.8 Å². The Labute approximate surface area is 108 Å². The molecule has 0 spiro atoms. The fourth-order valence-corrected chi connectivity index (χ4v) is 2.41. The van der Waals surface area contributed by atoms with E-state index in [1.54, 1.807) is 12.2 Å². The zero-order chi connectivity index (χ0) is 12.8. The van der Waals surface area contributed by atoms with Gasteiger partial charge in [0.15, 0.2) is 0 Å². The number of benzene rings is 1. The molecule has 2 unspecified atom stereocenters. The zero-order valence-electron chi connectivity index (χ0n) is 10.4. The van der Waals surface area contributed by atoms with Crippen LogP contribution in [0.4, 0.5) is 0 Å². The van der Waals surface area contributed by atoms with Crippen molar-refractivity contribution >= 4 is 12.0 Å². The first-order valence-electron chi connectivity index (χ1n) is 6.44. The first-order chi connectivity index (χ1) is 8.79. The van der Waals surface area contributed by atoms with Crippen LogP contribution >= 0.6 is 0 Å². The number of nitrogens with one attached hydrogen (secondary N) is 1. The molecule has 0 radical (unpaired) electrons. The summed E-state index contributed by atoms with van der Waals surface area (Å²) in [4.78, 5) is 11.8. The molecule has 0 heterocycles. The van der Waals surface area contributed by atoms with Gasteiger partial charge < -0.3 is 10.4 Å². The lowest BCUT2D eigenvalue weighted by Crippen LogP contribution is -2.37. The third-order valence-corrected chi connectivity index (χ3v) is 3.45. The molecule has 18 heavy (non-hydrogen) atoms. The summed E-state index contributed by atoms with van der Waals surface area (Å²) in [6.07, 6.45) is 6.42. The minimum atomic E-state index is -0.0794. The van der Waals surface area contributed by atoms with Gasteiger partial charge in [0, 0.05) is 24.6 Å². The van der Waals surface area contributed by atoms with Crippen molar-refractivity contribution in [3.63, 3.8) is 0 Å². The third kappa shape index (κ3) is 3.44. The molecule has 0 bridgehead atoms. The van der Waals surface area contributed by atoms with Gasteiger partial charge in [0.2, 0.25) is 5.91 Å². The van der Waals surface area contributed by atoms with E-state index in [1.165, 1.54) is 0 Å². The van der Waals surface area contributed by atoms with Crippen molar-refractivity contribution in [1.29, 1.82) is 0 Å². The van der Waals surface area contributed by atoms with Crippen molar-refractivity contribution in [1.82, 2.24) is 5.32 Å². The number of hydrogen-bond acceptors (Lipinski definition) is 2. The normalized spacial score (nSPS) is 23.4. The number of aliphatic hydroxyl groups excluding tert-OH is 1. The molecule has 2 rings (SSSR count). The molecule has 2 N–H and O–H groups in total. The number of rotatable bonds is 4. The zero-order valence-corrected chi connectivity index (χ0v) is 10.4. The third-order valence-electron chi connectivity index (χ3n) is 3.45. The van der Waals surface area contributed by atoms with E-state index < -0.39 is 0 Å². The molecule has 3 heteroatoms. The molecule has 1 aliphatic rings. The lowest BCUT2D eigenvalue weighted by atomic mass is 10.1. The van der Waals surface area contributed by atoms with Gasteiger partial charge in [-0.3, -0.25) is 4.79 Å². The number of carbonyl (C=O) groups excluding carboxylic acids is 1. The Morgan fingerprint density at radius 2 is 2.11 bits per heavy atom. The van der Waals surface area contributed by atoms with Crippen molar-refractivity contribution in [2.75, 3.05) is 6.61 Å². The van der Waals surface area contributed by atoms with Crippen molar-refractivity contribution in [3.05, 3.63) is 42.0 Å². The van der Waals surface area contributed by atoms with Gasteiger partial charge in [-0.2, -0.15) is 0 Å². The SMILES string of the molecule is O=C(/C=C/c1ccccc1)NC1CCCC1CO. The van der Waals surface area contributed by atoms with E-state index >= 15 is 0 Å². The summed E-state index contributed by atoms with van der Waals surface area (Å²) in [5.74, 6) is 0.142. The average molecular weight is 245 g/mol. The molecule has 2 atom stereocenters. The summed E-state index contributed by atoms with van der Waals surface area (Å²) in [6.45, 7) is 0.160. The number of carbonyl (C=O) groups is 1. The molecule has 1 amide bonds. The smallest absolute Gasteiger partial charge is 0.244 e. The van der Waals surface area contributed by atoms with Gasteiger partial charge in [-0.05, 0) is 24.5 Å². The average Bonchev–Trinajstić information content (AvgIpc) is 2.85. The van der Waals surface area contributed by atoms with E-state index in [1.807, 2.05) is 30.3 Å². The maximum Gasteiger partial charge on any atom is 0.244 e. The summed E-state index contributed by atoms with van der Waals surface area (Å²) in [5, 5.41) is 12.2. The highest BCUT2D eigenvalue weighted by molar-refractivity contribution is 5.91. The summed E-state index contributed by atoms with van der Waals surface area (Å²) in [5.41, 5.74) is 1.01. The van der Waals surface area contributed by atoms with Gasteiger partial charge in [-0.25, -0.2) is 0 Å². The topological polar surface area (TPSA) is 49.3 Å². The van der Waals surface area contributed by atoms with Crippen LogP contribution in [0.3, 0.4) is 0 Å². The van der Waals surface area contributed by atoms with E-state index in [0.29, 0.717) is 0 Å². The summed E-state index contributed by atoms with van der Waals surface area (Å²) < 4.78 is 0. The first-order valence-corrected chi connectivity index (χ1v) is 6.44. The van der Waals surface area contributed by atoms with Gasteiger partial charge >= 0.3 is 0 Å². The minimum Gasteiger partial charge on any atom is -0.396 e. The van der Waals surface area contributed by atoms with Crippen LogP contribution in [0, 0.1) is 5.92 Å². The lowest BCUT2D eigenvalue weighted by Gasteiger charge is -2.17. The van der Waals surface area contributed by atoms with Crippen molar-refractivity contribution in [2.24, 2.45) is 5.92 Å². The van der Waals surface area contributed by atoms with Gasteiger partial charge in [0.25, 0.3) is 0 Å². The molecule has 1 fully saturated rings. The second-order valence-corrected chi connectivity index (χ2v) is 4.73.